The molecule has 108 valence electrons. The summed E-state index contributed by atoms with van der Waals surface area (Å²) in [6, 6.07) is 25.3. The highest BCUT2D eigenvalue weighted by Crippen LogP contribution is 2.27. The van der Waals surface area contributed by atoms with E-state index in [9.17, 15) is 5.11 Å². The third-order valence-electron chi connectivity index (χ3n) is 3.64. The van der Waals surface area contributed by atoms with E-state index in [4.69, 9.17) is 0 Å². The van der Waals surface area contributed by atoms with Crippen LogP contribution in [0.15, 0.2) is 85.1 Å². The molecule has 2 heteroatoms. The maximum absolute atomic E-state index is 13.1. The lowest BCUT2D eigenvalue weighted by molar-refractivity contribution is -0.676. The molecule has 22 heavy (non-hydrogen) atoms. The summed E-state index contributed by atoms with van der Waals surface area (Å²) in [7, 11) is 1.89. The van der Waals surface area contributed by atoms with Crippen LogP contribution in [0, 0.1) is 0 Å². The normalized spacial score (nSPS) is 10.2. The second kappa shape index (κ2) is 6.27. The van der Waals surface area contributed by atoms with Crippen LogP contribution in [0.4, 0.5) is 0 Å². The van der Waals surface area contributed by atoms with Gasteiger partial charge in [-0.15, -0.1) is 0 Å². The van der Waals surface area contributed by atoms with Crippen LogP contribution in [0.5, 0.6) is 0 Å². The molecule has 0 aliphatic rings. The largest absolute Gasteiger partial charge is 0.868 e. The van der Waals surface area contributed by atoms with Gasteiger partial charge in [0.25, 0.3) is 0 Å². The number of pyridine rings is 1. The summed E-state index contributed by atoms with van der Waals surface area (Å²) in [5.41, 5.74) is 3.26. The van der Waals surface area contributed by atoms with E-state index in [1.165, 1.54) is 0 Å². The summed E-state index contributed by atoms with van der Waals surface area (Å²) in [6.45, 7) is 0. The monoisotopic (exact) mass is 287 g/mol. The van der Waals surface area contributed by atoms with Crippen LogP contribution in [0.1, 0.15) is 16.8 Å². The third kappa shape index (κ3) is 2.77. The Balaban J connectivity index is 2.26. The number of aryl methyl sites for hydroxylation is 1. The highest BCUT2D eigenvalue weighted by Gasteiger charge is 2.12. The Bertz CT molecular complexity index is 751. The first-order valence-electron chi connectivity index (χ1n) is 7.24. The fraction of sp³-hybridized carbons (Fsp3) is 0.0500. The van der Waals surface area contributed by atoms with Crippen LogP contribution in [0.25, 0.3) is 11.3 Å². The number of hydrogen-bond acceptors (Lipinski definition) is 1. The van der Waals surface area contributed by atoms with Gasteiger partial charge in [-0.1, -0.05) is 60.7 Å². The maximum atomic E-state index is 13.1. The van der Waals surface area contributed by atoms with Crippen molar-refractivity contribution in [3.63, 3.8) is 0 Å². The van der Waals surface area contributed by atoms with Crippen LogP contribution < -0.4 is 9.67 Å². The molecule has 0 amide bonds. The molecular formula is C20H17NO. The number of rotatable bonds is 3. The minimum Gasteiger partial charge on any atom is -0.868 e. The molecule has 0 aliphatic carbocycles. The molecule has 2 aromatic carbocycles. The van der Waals surface area contributed by atoms with Crippen molar-refractivity contribution in [3.05, 3.63) is 102 Å². The van der Waals surface area contributed by atoms with Gasteiger partial charge in [-0.2, -0.15) is 0 Å². The van der Waals surface area contributed by atoms with Gasteiger partial charge in [0, 0.05) is 12.1 Å². The second-order valence-corrected chi connectivity index (χ2v) is 5.13. The van der Waals surface area contributed by atoms with E-state index >= 15 is 0 Å². The SMILES string of the molecule is C[n+]1ccccc1C([O-])=C(c1ccccc1)c1ccccc1. The summed E-state index contributed by atoms with van der Waals surface area (Å²) in [4.78, 5) is 0. The summed E-state index contributed by atoms with van der Waals surface area (Å²) in [6.07, 6.45) is 1.89. The molecule has 0 fully saturated rings. The van der Waals surface area contributed by atoms with Crippen molar-refractivity contribution in [2.45, 2.75) is 0 Å². The highest BCUT2D eigenvalue weighted by atomic mass is 16.3. The molecule has 3 aromatic rings. The van der Waals surface area contributed by atoms with Crippen molar-refractivity contribution in [3.8, 4) is 0 Å². The Morgan fingerprint density at radius 3 is 1.73 bits per heavy atom. The molecule has 3 rings (SSSR count). The van der Waals surface area contributed by atoms with Crippen molar-refractivity contribution >= 4 is 11.3 Å². The Morgan fingerprint density at radius 2 is 1.23 bits per heavy atom. The number of aromatic nitrogens is 1. The number of nitrogens with zero attached hydrogens (tertiary/aromatic N) is 1. The molecule has 0 atom stereocenters. The first-order valence-corrected chi connectivity index (χ1v) is 7.24. The van der Waals surface area contributed by atoms with Gasteiger partial charge in [0.15, 0.2) is 11.9 Å². The zero-order valence-electron chi connectivity index (χ0n) is 12.4. The highest BCUT2D eigenvalue weighted by molar-refractivity contribution is 5.93. The first-order chi connectivity index (χ1) is 10.8. The molecule has 0 N–H and O–H groups in total. The van der Waals surface area contributed by atoms with E-state index in [2.05, 4.69) is 0 Å². The molecule has 0 spiro atoms. The Labute approximate surface area is 130 Å². The first kappa shape index (κ1) is 14.1. The van der Waals surface area contributed by atoms with Gasteiger partial charge >= 0.3 is 0 Å². The maximum Gasteiger partial charge on any atom is 0.197 e. The van der Waals surface area contributed by atoms with Crippen molar-refractivity contribution in [1.82, 2.24) is 0 Å². The van der Waals surface area contributed by atoms with Gasteiger partial charge < -0.3 is 5.11 Å². The summed E-state index contributed by atoms with van der Waals surface area (Å²) in [5.74, 6) is 0.0282. The molecular weight excluding hydrogens is 270 g/mol. The summed E-state index contributed by atoms with van der Waals surface area (Å²) < 4.78 is 1.86. The topological polar surface area (TPSA) is 26.9 Å². The smallest absolute Gasteiger partial charge is 0.197 e. The quantitative estimate of drug-likeness (QED) is 0.537. The molecule has 2 nitrogen and oxygen atoms in total. The van der Waals surface area contributed by atoms with Crippen molar-refractivity contribution in [2.75, 3.05) is 0 Å². The van der Waals surface area contributed by atoms with E-state index in [1.54, 1.807) is 0 Å². The molecule has 1 heterocycles. The molecule has 0 saturated heterocycles. The van der Waals surface area contributed by atoms with Gasteiger partial charge in [0.1, 0.15) is 7.05 Å². The van der Waals surface area contributed by atoms with Gasteiger partial charge in [-0.05, 0) is 28.5 Å². The molecule has 0 unspecified atom stereocenters. The number of benzene rings is 2. The lowest BCUT2D eigenvalue weighted by Crippen LogP contribution is -2.34. The van der Waals surface area contributed by atoms with E-state index < -0.39 is 0 Å². The van der Waals surface area contributed by atoms with Gasteiger partial charge in [-0.25, -0.2) is 4.57 Å². The Morgan fingerprint density at radius 1 is 0.727 bits per heavy atom. The zero-order chi connectivity index (χ0) is 15.4. The van der Waals surface area contributed by atoms with Gasteiger partial charge in [0.2, 0.25) is 0 Å². The van der Waals surface area contributed by atoms with Crippen LogP contribution in [-0.4, -0.2) is 0 Å². The third-order valence-corrected chi connectivity index (χ3v) is 3.64. The van der Waals surface area contributed by atoms with Crippen LogP contribution in [-0.2, 0) is 7.05 Å². The average molecular weight is 287 g/mol. The van der Waals surface area contributed by atoms with E-state index in [0.717, 1.165) is 16.7 Å². The molecule has 0 aliphatic heterocycles. The van der Waals surface area contributed by atoms with E-state index in [-0.39, 0.29) is 5.76 Å². The van der Waals surface area contributed by atoms with Gasteiger partial charge in [-0.3, -0.25) is 0 Å². The predicted octanol–water partition coefficient (Wildman–Crippen LogP) is 2.79. The Hall–Kier alpha value is -2.87. The van der Waals surface area contributed by atoms with E-state index in [1.807, 2.05) is 96.7 Å². The Kier molecular flexibility index (Phi) is 4.01. The molecule has 1 aromatic heterocycles. The second-order valence-electron chi connectivity index (χ2n) is 5.13. The minimum atomic E-state index is 0.0282. The van der Waals surface area contributed by atoms with E-state index in [0.29, 0.717) is 5.69 Å². The minimum absolute atomic E-state index is 0.0282. The number of hydrogen-bond donors (Lipinski definition) is 0. The van der Waals surface area contributed by atoms with Crippen LogP contribution in [0.2, 0.25) is 0 Å². The van der Waals surface area contributed by atoms with Crippen LogP contribution >= 0.6 is 0 Å². The summed E-state index contributed by atoms with van der Waals surface area (Å²) >= 11 is 0. The van der Waals surface area contributed by atoms with Crippen molar-refractivity contribution in [1.29, 1.82) is 0 Å². The standard InChI is InChI=1S/C20H17NO/c1-21-15-9-8-14-18(21)20(22)19(16-10-4-2-5-11-16)17-12-6-3-7-13-17/h2-15H,1H3. The molecule has 0 saturated carbocycles. The predicted molar refractivity (Wildman–Crippen MR) is 86.4 cm³/mol. The van der Waals surface area contributed by atoms with Crippen molar-refractivity contribution < 1.29 is 9.67 Å². The average Bonchev–Trinajstić information content (AvgIpc) is 2.57. The van der Waals surface area contributed by atoms with Crippen molar-refractivity contribution in [2.24, 2.45) is 7.05 Å². The zero-order valence-corrected chi connectivity index (χ0v) is 12.4. The molecule has 0 radical (unpaired) electrons. The fourth-order valence-electron chi connectivity index (χ4n) is 2.53. The fourth-order valence-corrected chi connectivity index (χ4v) is 2.53. The summed E-state index contributed by atoms with van der Waals surface area (Å²) in [5, 5.41) is 13.1. The lowest BCUT2D eigenvalue weighted by Gasteiger charge is -2.18. The molecule has 0 bridgehead atoms. The van der Waals surface area contributed by atoms with Gasteiger partial charge in [0.05, 0.1) is 0 Å². The lowest BCUT2D eigenvalue weighted by atomic mass is 9.95. The van der Waals surface area contributed by atoms with Crippen LogP contribution in [0.3, 0.4) is 0 Å².